The third-order valence-corrected chi connectivity index (χ3v) is 1.95. The van der Waals surface area contributed by atoms with Gasteiger partial charge >= 0.3 is 5.97 Å². The first-order chi connectivity index (χ1) is 7.16. The molecule has 0 aliphatic rings. The maximum Gasteiger partial charge on any atom is 0.372 e. The van der Waals surface area contributed by atoms with Gasteiger partial charge in [-0.2, -0.15) is 5.10 Å². The predicted molar refractivity (Wildman–Crippen MR) is 49.5 cm³/mol. The van der Waals surface area contributed by atoms with Gasteiger partial charge < -0.3 is 9.52 Å². The third kappa shape index (κ3) is 1.88. The van der Waals surface area contributed by atoms with Gasteiger partial charge in [-0.25, -0.2) is 14.5 Å². The molecule has 0 bridgehead atoms. The molecule has 0 fully saturated rings. The zero-order valence-corrected chi connectivity index (χ0v) is 8.04. The van der Waals surface area contributed by atoms with Crippen LogP contribution < -0.4 is 0 Å². The SMILES string of the molecule is Cc1cc(Cn2cncn2)oc1C(=O)O. The third-order valence-electron chi connectivity index (χ3n) is 1.95. The van der Waals surface area contributed by atoms with Crippen LogP contribution in [0.3, 0.4) is 0 Å². The predicted octanol–water partition coefficient (Wildman–Crippen LogP) is 0.926. The second-order valence-electron chi connectivity index (χ2n) is 3.12. The van der Waals surface area contributed by atoms with Crippen LogP contribution in [0.25, 0.3) is 0 Å². The number of furan rings is 1. The zero-order valence-electron chi connectivity index (χ0n) is 8.04. The Morgan fingerprint density at radius 3 is 3.00 bits per heavy atom. The highest BCUT2D eigenvalue weighted by Crippen LogP contribution is 2.15. The standard InChI is InChI=1S/C9H9N3O3/c1-6-2-7(15-8(6)9(13)14)3-12-5-10-4-11-12/h2,4-5H,3H2,1H3,(H,13,14). The van der Waals surface area contributed by atoms with Crippen molar-refractivity contribution in [3.8, 4) is 0 Å². The Labute approximate surface area is 85.2 Å². The normalized spacial score (nSPS) is 10.5. The van der Waals surface area contributed by atoms with Crippen LogP contribution in [0.1, 0.15) is 21.9 Å². The minimum atomic E-state index is -1.06. The van der Waals surface area contributed by atoms with Crippen LogP contribution in [0, 0.1) is 6.92 Å². The maximum atomic E-state index is 10.7. The summed E-state index contributed by atoms with van der Waals surface area (Å²) in [5.74, 6) is -0.530. The molecule has 2 aromatic rings. The highest BCUT2D eigenvalue weighted by atomic mass is 16.4. The van der Waals surface area contributed by atoms with Crippen LogP contribution >= 0.6 is 0 Å². The smallest absolute Gasteiger partial charge is 0.372 e. The fraction of sp³-hybridized carbons (Fsp3) is 0.222. The second kappa shape index (κ2) is 3.56. The van der Waals surface area contributed by atoms with Gasteiger partial charge in [-0.15, -0.1) is 0 Å². The molecule has 0 aromatic carbocycles. The van der Waals surface area contributed by atoms with Gasteiger partial charge in [0.05, 0.1) is 0 Å². The number of nitrogens with zero attached hydrogens (tertiary/aromatic N) is 3. The number of aromatic carboxylic acids is 1. The molecule has 0 saturated heterocycles. The number of carbonyl (C=O) groups is 1. The van der Waals surface area contributed by atoms with E-state index in [4.69, 9.17) is 9.52 Å². The average Bonchev–Trinajstić information content (AvgIpc) is 2.75. The molecule has 2 rings (SSSR count). The van der Waals surface area contributed by atoms with E-state index in [1.165, 1.54) is 12.7 Å². The lowest BCUT2D eigenvalue weighted by atomic mass is 10.2. The Bertz CT molecular complexity index is 473. The van der Waals surface area contributed by atoms with Crippen LogP contribution in [0.4, 0.5) is 0 Å². The molecular formula is C9H9N3O3. The van der Waals surface area contributed by atoms with Crippen molar-refractivity contribution < 1.29 is 14.3 Å². The summed E-state index contributed by atoms with van der Waals surface area (Å²) in [6.07, 6.45) is 2.95. The second-order valence-corrected chi connectivity index (χ2v) is 3.12. The van der Waals surface area contributed by atoms with Crippen molar-refractivity contribution in [2.24, 2.45) is 0 Å². The van der Waals surface area contributed by atoms with E-state index in [9.17, 15) is 4.79 Å². The molecule has 0 aliphatic carbocycles. The summed E-state index contributed by atoms with van der Waals surface area (Å²) in [5.41, 5.74) is 0.609. The van der Waals surface area contributed by atoms with Crippen molar-refractivity contribution in [1.82, 2.24) is 14.8 Å². The van der Waals surface area contributed by atoms with Crippen molar-refractivity contribution in [1.29, 1.82) is 0 Å². The van der Waals surface area contributed by atoms with E-state index >= 15 is 0 Å². The first kappa shape index (κ1) is 9.45. The quantitative estimate of drug-likeness (QED) is 0.809. The molecule has 15 heavy (non-hydrogen) atoms. The molecule has 0 radical (unpaired) electrons. The van der Waals surface area contributed by atoms with E-state index in [1.807, 2.05) is 0 Å². The van der Waals surface area contributed by atoms with Gasteiger partial charge in [0.2, 0.25) is 5.76 Å². The van der Waals surface area contributed by atoms with E-state index in [2.05, 4.69) is 10.1 Å². The van der Waals surface area contributed by atoms with Gasteiger partial charge in [0.25, 0.3) is 0 Å². The fourth-order valence-corrected chi connectivity index (χ4v) is 1.31. The van der Waals surface area contributed by atoms with E-state index in [0.717, 1.165) is 0 Å². The van der Waals surface area contributed by atoms with Crippen LogP contribution in [0.2, 0.25) is 0 Å². The Balaban J connectivity index is 2.23. The summed E-state index contributed by atoms with van der Waals surface area (Å²) in [5, 5.41) is 12.7. The summed E-state index contributed by atoms with van der Waals surface area (Å²) in [6, 6.07) is 1.69. The molecule has 0 aliphatic heterocycles. The van der Waals surface area contributed by atoms with Gasteiger partial charge in [0.1, 0.15) is 25.0 Å². The largest absolute Gasteiger partial charge is 0.475 e. The first-order valence-corrected chi connectivity index (χ1v) is 4.32. The van der Waals surface area contributed by atoms with Crippen molar-refractivity contribution in [2.45, 2.75) is 13.5 Å². The van der Waals surface area contributed by atoms with Gasteiger partial charge in [-0.1, -0.05) is 0 Å². The van der Waals surface area contributed by atoms with E-state index < -0.39 is 5.97 Å². The molecule has 0 unspecified atom stereocenters. The Morgan fingerprint density at radius 2 is 2.47 bits per heavy atom. The van der Waals surface area contributed by atoms with Crippen molar-refractivity contribution >= 4 is 5.97 Å². The number of hydrogen-bond donors (Lipinski definition) is 1. The molecule has 1 N–H and O–H groups in total. The number of aromatic nitrogens is 3. The highest BCUT2D eigenvalue weighted by molar-refractivity contribution is 5.86. The minimum Gasteiger partial charge on any atom is -0.475 e. The topological polar surface area (TPSA) is 81.2 Å². The van der Waals surface area contributed by atoms with Crippen molar-refractivity contribution in [3.05, 3.63) is 35.8 Å². The molecule has 6 nitrogen and oxygen atoms in total. The van der Waals surface area contributed by atoms with E-state index in [0.29, 0.717) is 17.9 Å². The molecule has 0 spiro atoms. The minimum absolute atomic E-state index is 0.0230. The van der Waals surface area contributed by atoms with Gasteiger partial charge in [-0.3, -0.25) is 0 Å². The zero-order chi connectivity index (χ0) is 10.8. The van der Waals surface area contributed by atoms with E-state index in [-0.39, 0.29) is 5.76 Å². The van der Waals surface area contributed by atoms with Crippen molar-refractivity contribution in [3.63, 3.8) is 0 Å². The Morgan fingerprint density at radius 1 is 1.67 bits per heavy atom. The average molecular weight is 207 g/mol. The summed E-state index contributed by atoms with van der Waals surface area (Å²) < 4.78 is 6.72. The molecule has 6 heteroatoms. The van der Waals surface area contributed by atoms with E-state index in [1.54, 1.807) is 17.7 Å². The van der Waals surface area contributed by atoms with Gasteiger partial charge in [-0.05, 0) is 13.0 Å². The Kier molecular flexibility index (Phi) is 2.24. The highest BCUT2D eigenvalue weighted by Gasteiger charge is 2.14. The molecule has 78 valence electrons. The van der Waals surface area contributed by atoms with Gasteiger partial charge in [0, 0.05) is 5.56 Å². The lowest BCUT2D eigenvalue weighted by Crippen LogP contribution is -1.98. The van der Waals surface area contributed by atoms with Crippen LogP contribution in [0.15, 0.2) is 23.1 Å². The van der Waals surface area contributed by atoms with Crippen LogP contribution in [-0.4, -0.2) is 25.8 Å². The number of aryl methyl sites for hydroxylation is 1. The molecule has 0 amide bonds. The molecule has 0 saturated carbocycles. The fourth-order valence-electron chi connectivity index (χ4n) is 1.31. The summed E-state index contributed by atoms with van der Waals surface area (Å²) in [7, 11) is 0. The molecule has 0 atom stereocenters. The lowest BCUT2D eigenvalue weighted by Gasteiger charge is -1.94. The van der Waals surface area contributed by atoms with Gasteiger partial charge in [0.15, 0.2) is 0 Å². The van der Waals surface area contributed by atoms with Crippen LogP contribution in [-0.2, 0) is 6.54 Å². The number of carboxylic acid groups (broad SMARTS) is 1. The molecular weight excluding hydrogens is 198 g/mol. The number of hydrogen-bond acceptors (Lipinski definition) is 4. The number of rotatable bonds is 3. The summed E-state index contributed by atoms with van der Waals surface area (Å²) >= 11 is 0. The summed E-state index contributed by atoms with van der Waals surface area (Å²) in [4.78, 5) is 14.5. The first-order valence-electron chi connectivity index (χ1n) is 4.32. The lowest BCUT2D eigenvalue weighted by molar-refractivity contribution is 0.0659. The van der Waals surface area contributed by atoms with Crippen molar-refractivity contribution in [2.75, 3.05) is 0 Å². The molecule has 2 aromatic heterocycles. The maximum absolute atomic E-state index is 10.7. The monoisotopic (exact) mass is 207 g/mol. The molecule has 2 heterocycles. The van der Waals surface area contributed by atoms with Crippen LogP contribution in [0.5, 0.6) is 0 Å². The Hall–Kier alpha value is -2.11. The number of carboxylic acids is 1. The summed E-state index contributed by atoms with van der Waals surface area (Å²) in [6.45, 7) is 2.08.